The van der Waals surface area contributed by atoms with Crippen molar-refractivity contribution in [2.24, 2.45) is 16.7 Å². The molecule has 0 saturated carbocycles. The third-order valence-electron chi connectivity index (χ3n) is 6.36. The first-order chi connectivity index (χ1) is 15.1. The summed E-state index contributed by atoms with van der Waals surface area (Å²) < 4.78 is 52.1. The summed E-state index contributed by atoms with van der Waals surface area (Å²) in [4.78, 5) is 0. The van der Waals surface area contributed by atoms with E-state index >= 15 is 0 Å². The van der Waals surface area contributed by atoms with Gasteiger partial charge >= 0.3 is 6.18 Å². The van der Waals surface area contributed by atoms with Crippen LogP contribution in [0.15, 0.2) is 54.6 Å². The molecule has 2 fully saturated rings. The lowest BCUT2D eigenvalue weighted by Gasteiger charge is -2.48. The summed E-state index contributed by atoms with van der Waals surface area (Å²) in [5.74, 6) is -3.37. The lowest BCUT2D eigenvalue weighted by molar-refractivity contribution is -0.288. The average Bonchev–Trinajstić information content (AvgIpc) is 2.95. The zero-order valence-electron chi connectivity index (χ0n) is 16.6. The van der Waals surface area contributed by atoms with E-state index in [-0.39, 0.29) is 5.56 Å². The van der Waals surface area contributed by atoms with Crippen molar-refractivity contribution in [1.82, 2.24) is 0 Å². The SMILES string of the molecule is CC1C2(c3ccccc3)OC(=N)C1(C#N)C(C#N)(C#N)C(c1cccc(C(F)(F)F)c1)O2. The molecule has 2 aliphatic rings. The van der Waals surface area contributed by atoms with Gasteiger partial charge in [-0.25, -0.2) is 0 Å². The predicted molar refractivity (Wildman–Crippen MR) is 103 cm³/mol. The molecule has 2 heterocycles. The van der Waals surface area contributed by atoms with Crippen LogP contribution in [-0.4, -0.2) is 5.90 Å². The maximum atomic E-state index is 13.4. The third-order valence-corrected chi connectivity index (χ3v) is 6.36. The molecule has 0 spiro atoms. The van der Waals surface area contributed by atoms with E-state index in [1.165, 1.54) is 13.0 Å². The molecule has 6 nitrogen and oxygen atoms in total. The van der Waals surface area contributed by atoms with Crippen LogP contribution in [0.2, 0.25) is 0 Å². The summed E-state index contributed by atoms with van der Waals surface area (Å²) in [6.07, 6.45) is -6.27. The van der Waals surface area contributed by atoms with Crippen molar-refractivity contribution in [2.45, 2.75) is 25.0 Å². The van der Waals surface area contributed by atoms with Crippen LogP contribution < -0.4 is 0 Å². The number of halogens is 3. The van der Waals surface area contributed by atoms with Gasteiger partial charge in [0.1, 0.15) is 6.10 Å². The summed E-state index contributed by atoms with van der Waals surface area (Å²) in [6.45, 7) is 1.53. The number of hydrogen-bond acceptors (Lipinski definition) is 6. The first-order valence-corrected chi connectivity index (χ1v) is 9.55. The fraction of sp³-hybridized carbons (Fsp3) is 0.304. The van der Waals surface area contributed by atoms with Gasteiger partial charge < -0.3 is 9.47 Å². The Kier molecular flexibility index (Phi) is 4.55. The first-order valence-electron chi connectivity index (χ1n) is 9.55. The van der Waals surface area contributed by atoms with Gasteiger partial charge in [0.15, 0.2) is 5.41 Å². The standard InChI is InChI=1S/C23H15F3N4O2/c1-14-21(13-29)19(30)32-22(14,16-7-3-2-4-8-16)31-18(20(21,11-27)12-28)15-6-5-9-17(10-15)23(24,25)26/h2-10,14,18,30H,1H3. The van der Waals surface area contributed by atoms with Crippen LogP contribution in [0.3, 0.4) is 0 Å². The molecule has 2 bridgehead atoms. The quantitative estimate of drug-likeness (QED) is 0.725. The van der Waals surface area contributed by atoms with E-state index in [0.29, 0.717) is 5.56 Å². The minimum atomic E-state index is -4.67. The van der Waals surface area contributed by atoms with Crippen molar-refractivity contribution < 1.29 is 22.6 Å². The highest BCUT2D eigenvalue weighted by Crippen LogP contribution is 2.69. The van der Waals surface area contributed by atoms with Crippen LogP contribution in [0.4, 0.5) is 13.2 Å². The van der Waals surface area contributed by atoms with Crippen LogP contribution >= 0.6 is 0 Å². The van der Waals surface area contributed by atoms with Gasteiger partial charge in [-0.3, -0.25) is 5.41 Å². The molecule has 0 aliphatic carbocycles. The van der Waals surface area contributed by atoms with Gasteiger partial charge in [-0.15, -0.1) is 0 Å². The van der Waals surface area contributed by atoms with Crippen molar-refractivity contribution in [3.05, 3.63) is 71.3 Å². The molecule has 32 heavy (non-hydrogen) atoms. The Bertz CT molecular complexity index is 1210. The highest BCUT2D eigenvalue weighted by Gasteiger charge is 2.79. The lowest BCUT2D eigenvalue weighted by Crippen LogP contribution is -2.57. The van der Waals surface area contributed by atoms with Crippen LogP contribution in [-0.2, 0) is 21.4 Å². The van der Waals surface area contributed by atoms with Gasteiger partial charge in [0, 0.05) is 5.56 Å². The number of rotatable bonds is 2. The van der Waals surface area contributed by atoms with E-state index in [1.54, 1.807) is 30.3 Å². The van der Waals surface area contributed by atoms with Crippen molar-refractivity contribution in [1.29, 1.82) is 21.2 Å². The van der Waals surface area contributed by atoms with Crippen LogP contribution in [0, 0.1) is 56.2 Å². The maximum Gasteiger partial charge on any atom is 0.416 e. The van der Waals surface area contributed by atoms with E-state index < -0.39 is 46.3 Å². The van der Waals surface area contributed by atoms with Gasteiger partial charge in [0.2, 0.25) is 17.1 Å². The fourth-order valence-corrected chi connectivity index (χ4v) is 4.72. The van der Waals surface area contributed by atoms with Gasteiger partial charge in [0.25, 0.3) is 0 Å². The topological polar surface area (TPSA) is 114 Å². The zero-order valence-corrected chi connectivity index (χ0v) is 16.6. The number of ether oxygens (including phenoxy) is 2. The van der Waals surface area contributed by atoms with Gasteiger partial charge in [-0.1, -0.05) is 49.4 Å². The average molecular weight is 436 g/mol. The molecule has 9 heteroatoms. The number of nitrogens with one attached hydrogen (secondary N) is 1. The van der Waals surface area contributed by atoms with E-state index in [4.69, 9.17) is 14.9 Å². The van der Waals surface area contributed by atoms with Gasteiger partial charge in [-0.2, -0.15) is 29.0 Å². The van der Waals surface area contributed by atoms with Gasteiger partial charge in [-0.05, 0) is 17.7 Å². The molecule has 4 rings (SSSR count). The number of benzene rings is 2. The molecule has 2 aromatic carbocycles. The molecule has 1 N–H and O–H groups in total. The number of fused-ring (bicyclic) bond motifs is 2. The number of alkyl halides is 3. The van der Waals surface area contributed by atoms with E-state index in [0.717, 1.165) is 18.2 Å². The van der Waals surface area contributed by atoms with Crippen LogP contribution in [0.1, 0.15) is 29.7 Å². The van der Waals surface area contributed by atoms with Crippen molar-refractivity contribution >= 4 is 5.90 Å². The first kappa shape index (κ1) is 21.4. The summed E-state index contributed by atoms with van der Waals surface area (Å²) in [5, 5.41) is 38.9. The zero-order chi connectivity index (χ0) is 23.4. The molecule has 0 amide bonds. The third kappa shape index (κ3) is 2.45. The number of nitriles is 3. The minimum Gasteiger partial charge on any atom is -0.443 e. The molecule has 0 radical (unpaired) electrons. The van der Waals surface area contributed by atoms with Crippen LogP contribution in [0.25, 0.3) is 0 Å². The normalized spacial score (nSPS) is 30.5. The summed E-state index contributed by atoms with van der Waals surface area (Å²) in [6, 6.07) is 18.0. The second-order valence-corrected chi connectivity index (χ2v) is 7.76. The van der Waals surface area contributed by atoms with Crippen molar-refractivity contribution in [3.63, 3.8) is 0 Å². The summed E-state index contributed by atoms with van der Waals surface area (Å²) in [7, 11) is 0. The molecule has 2 aliphatic heterocycles. The van der Waals surface area contributed by atoms with Crippen LogP contribution in [0.5, 0.6) is 0 Å². The second-order valence-electron chi connectivity index (χ2n) is 7.76. The second kappa shape index (κ2) is 6.82. The monoisotopic (exact) mass is 436 g/mol. The van der Waals surface area contributed by atoms with E-state index in [9.17, 15) is 29.0 Å². The molecule has 2 saturated heterocycles. The Morgan fingerprint density at radius 3 is 2.19 bits per heavy atom. The largest absolute Gasteiger partial charge is 0.443 e. The molecule has 4 atom stereocenters. The molecule has 0 aromatic heterocycles. The van der Waals surface area contributed by atoms with Crippen molar-refractivity contribution in [3.8, 4) is 18.2 Å². The Balaban J connectivity index is 2.03. The molecule has 4 unspecified atom stereocenters. The molecule has 160 valence electrons. The highest BCUT2D eigenvalue weighted by atomic mass is 19.4. The maximum absolute atomic E-state index is 13.4. The smallest absolute Gasteiger partial charge is 0.416 e. The summed E-state index contributed by atoms with van der Waals surface area (Å²) >= 11 is 0. The van der Waals surface area contributed by atoms with Gasteiger partial charge in [0.05, 0.1) is 29.7 Å². The number of hydrogen-bond donors (Lipinski definition) is 1. The molecular weight excluding hydrogens is 421 g/mol. The molecule has 2 aromatic rings. The van der Waals surface area contributed by atoms with E-state index in [2.05, 4.69) is 0 Å². The number of nitrogens with zero attached hydrogens (tertiary/aromatic N) is 3. The Hall–Kier alpha value is -3.87. The Labute approximate surface area is 181 Å². The lowest BCUT2D eigenvalue weighted by atomic mass is 9.53. The Morgan fingerprint density at radius 1 is 0.969 bits per heavy atom. The van der Waals surface area contributed by atoms with E-state index in [1.807, 2.05) is 18.2 Å². The highest BCUT2D eigenvalue weighted by molar-refractivity contribution is 5.89. The minimum absolute atomic E-state index is 0.118. The molecular formula is C23H15F3N4O2. The summed E-state index contributed by atoms with van der Waals surface area (Å²) in [5.41, 5.74) is -5.12. The predicted octanol–water partition coefficient (Wildman–Crippen LogP) is 4.82. The fourth-order valence-electron chi connectivity index (χ4n) is 4.72. The van der Waals surface area contributed by atoms with Crippen molar-refractivity contribution in [2.75, 3.05) is 0 Å². The Morgan fingerprint density at radius 2 is 1.62 bits per heavy atom.